The molecule has 3 aliphatic carbocycles. The molecular formula is C72H76BN3. The normalized spacial score (nSPS) is 18.2. The third-order valence-electron chi connectivity index (χ3n) is 19.2. The highest BCUT2D eigenvalue weighted by Gasteiger charge is 2.50. The maximum atomic E-state index is 2.73. The van der Waals surface area contributed by atoms with Gasteiger partial charge in [0.2, 0.25) is 0 Å². The van der Waals surface area contributed by atoms with E-state index in [0.717, 1.165) is 23.5 Å². The minimum absolute atomic E-state index is 0.0172. The van der Waals surface area contributed by atoms with Crippen LogP contribution in [0, 0.1) is 13.8 Å². The zero-order valence-corrected chi connectivity index (χ0v) is 48.0. The van der Waals surface area contributed by atoms with Crippen LogP contribution in [0.5, 0.6) is 0 Å². The van der Waals surface area contributed by atoms with E-state index < -0.39 is 0 Å². The van der Waals surface area contributed by atoms with E-state index in [1.54, 1.807) is 0 Å². The summed E-state index contributed by atoms with van der Waals surface area (Å²) in [4.78, 5) is 7.87. The Labute approximate surface area is 455 Å². The van der Waals surface area contributed by atoms with Crippen LogP contribution in [-0.2, 0) is 32.5 Å². The molecule has 0 radical (unpaired) electrons. The lowest BCUT2D eigenvalue weighted by molar-refractivity contribution is 0.332. The van der Waals surface area contributed by atoms with Crippen LogP contribution in [0.2, 0.25) is 0 Å². The molecule has 0 N–H and O–H groups in total. The van der Waals surface area contributed by atoms with Crippen molar-refractivity contribution in [1.29, 1.82) is 0 Å². The zero-order chi connectivity index (χ0) is 53.4. The third kappa shape index (κ3) is 7.07. The van der Waals surface area contributed by atoms with E-state index in [2.05, 4.69) is 270 Å². The van der Waals surface area contributed by atoms with Crippen molar-refractivity contribution in [2.45, 2.75) is 156 Å². The van der Waals surface area contributed by atoms with Crippen LogP contribution in [0.4, 0.5) is 51.2 Å². The molecule has 4 heteroatoms. The van der Waals surface area contributed by atoms with Gasteiger partial charge in [0.25, 0.3) is 6.71 Å². The second-order valence-corrected chi connectivity index (χ2v) is 27.8. The Morgan fingerprint density at radius 2 is 0.987 bits per heavy atom. The average molecular weight is 994 g/mol. The van der Waals surface area contributed by atoms with Crippen molar-refractivity contribution < 1.29 is 0 Å². The lowest BCUT2D eigenvalue weighted by Crippen LogP contribution is -2.61. The first kappa shape index (κ1) is 48.8. The van der Waals surface area contributed by atoms with Gasteiger partial charge in [-0.1, -0.05) is 175 Å². The fraction of sp³-hybridized carbons (Fsp3) is 0.333. The van der Waals surface area contributed by atoms with Gasteiger partial charge in [0, 0.05) is 56.5 Å². The smallest absolute Gasteiger partial charge is 0.252 e. The van der Waals surface area contributed by atoms with Crippen molar-refractivity contribution in [3.05, 3.63) is 202 Å². The van der Waals surface area contributed by atoms with E-state index in [1.807, 2.05) is 0 Å². The third-order valence-corrected chi connectivity index (χ3v) is 19.2. The number of para-hydroxylation sites is 2. The van der Waals surface area contributed by atoms with Crippen LogP contribution < -0.4 is 31.1 Å². The van der Waals surface area contributed by atoms with Crippen molar-refractivity contribution >= 4 is 74.3 Å². The summed E-state index contributed by atoms with van der Waals surface area (Å²) < 4.78 is 0. The summed E-state index contributed by atoms with van der Waals surface area (Å²) in [6.07, 6.45) is 3.47. The van der Waals surface area contributed by atoms with Crippen LogP contribution in [-0.4, -0.2) is 6.71 Å². The molecule has 76 heavy (non-hydrogen) atoms. The van der Waals surface area contributed by atoms with Crippen molar-refractivity contribution in [3.63, 3.8) is 0 Å². The SMILES string of the molecule is Cc1cc2c3c(c1)N(c1cccc4c1-c1ccc(C(C)(C)C)cc1C4(C)C)c1cc(N(c4ccccc4)c4ccccc4)ccc1B3c1cc3c(cc1N2c1cc2c(cc1C)C(C)(C)CCC2(C)C)C(C)(C)CC3(C)C. The Kier molecular flexibility index (Phi) is 10.4. The monoisotopic (exact) mass is 994 g/mol. The van der Waals surface area contributed by atoms with Gasteiger partial charge in [-0.15, -0.1) is 0 Å². The molecule has 0 spiro atoms. The lowest BCUT2D eigenvalue weighted by atomic mass is 9.33. The topological polar surface area (TPSA) is 9.72 Å². The lowest BCUT2D eigenvalue weighted by Gasteiger charge is -2.47. The molecule has 5 aliphatic rings. The zero-order valence-electron chi connectivity index (χ0n) is 48.0. The van der Waals surface area contributed by atoms with Crippen molar-refractivity contribution in [2.24, 2.45) is 0 Å². The molecular weight excluding hydrogens is 918 g/mol. The number of rotatable bonds is 5. The first-order chi connectivity index (χ1) is 35.9. The van der Waals surface area contributed by atoms with Crippen molar-refractivity contribution in [1.82, 2.24) is 0 Å². The quantitative estimate of drug-likeness (QED) is 0.159. The van der Waals surface area contributed by atoms with Gasteiger partial charge in [0.1, 0.15) is 0 Å². The summed E-state index contributed by atoms with van der Waals surface area (Å²) in [7, 11) is 0. The average Bonchev–Trinajstić information content (AvgIpc) is 3.92. The molecule has 0 aromatic heterocycles. The van der Waals surface area contributed by atoms with E-state index in [9.17, 15) is 0 Å². The van der Waals surface area contributed by atoms with E-state index in [4.69, 9.17) is 0 Å². The van der Waals surface area contributed by atoms with Crippen LogP contribution >= 0.6 is 0 Å². The fourth-order valence-electron chi connectivity index (χ4n) is 15.2. The molecule has 382 valence electrons. The number of aryl methyl sites for hydroxylation is 2. The molecule has 3 nitrogen and oxygen atoms in total. The number of nitrogens with zero attached hydrogens (tertiary/aromatic N) is 3. The standard InChI is InChI=1S/C72H76BN3/c1-44-35-63-66-64(36-44)76(60-41-55-53(37-45(60)2)68(6,7)33-34-69(55,8)9)62-42-56-54(70(10,11)43-71(56,12)13)40-58(62)73(66)57-32-30-49(74(47-23-18-16-19-24-47)48-25-20-17-21-26-48)39-61(57)75(63)59-28-22-27-51-65(59)50-31-29-46(67(3,4)5)38-52(50)72(51,14)15/h16-32,35-42H,33-34,43H2,1-15H3. The van der Waals surface area contributed by atoms with E-state index >= 15 is 0 Å². The van der Waals surface area contributed by atoms with E-state index in [0.29, 0.717) is 0 Å². The van der Waals surface area contributed by atoms with Gasteiger partial charge in [0.05, 0.1) is 5.69 Å². The highest BCUT2D eigenvalue weighted by Crippen LogP contribution is 2.58. The summed E-state index contributed by atoms with van der Waals surface area (Å²) in [5.74, 6) is 0. The molecule has 13 rings (SSSR count). The highest BCUT2D eigenvalue weighted by atomic mass is 15.2. The minimum Gasteiger partial charge on any atom is -0.311 e. The molecule has 8 aromatic carbocycles. The Morgan fingerprint density at radius 3 is 1.61 bits per heavy atom. The second kappa shape index (κ2) is 16.1. The first-order valence-corrected chi connectivity index (χ1v) is 28.3. The molecule has 2 heterocycles. The van der Waals surface area contributed by atoms with Crippen molar-refractivity contribution in [2.75, 3.05) is 14.7 Å². The van der Waals surface area contributed by atoms with Gasteiger partial charge in [-0.3, -0.25) is 0 Å². The van der Waals surface area contributed by atoms with Crippen LogP contribution in [0.25, 0.3) is 11.1 Å². The van der Waals surface area contributed by atoms with Gasteiger partial charge in [-0.05, 0) is 199 Å². The van der Waals surface area contributed by atoms with Gasteiger partial charge >= 0.3 is 0 Å². The molecule has 0 amide bonds. The first-order valence-electron chi connectivity index (χ1n) is 28.3. The summed E-state index contributed by atoms with van der Waals surface area (Å²) >= 11 is 0. The molecule has 0 saturated heterocycles. The maximum Gasteiger partial charge on any atom is 0.252 e. The summed E-state index contributed by atoms with van der Waals surface area (Å²) in [6, 6.07) is 59.4. The number of hydrogen-bond donors (Lipinski definition) is 0. The highest BCUT2D eigenvalue weighted by molar-refractivity contribution is 7.00. The summed E-state index contributed by atoms with van der Waals surface area (Å²) in [5.41, 5.74) is 30.6. The number of benzene rings is 8. The maximum absolute atomic E-state index is 2.73. The number of anilines is 9. The van der Waals surface area contributed by atoms with Gasteiger partial charge < -0.3 is 14.7 Å². The summed E-state index contributed by atoms with van der Waals surface area (Å²) in [5, 5.41) is 0. The molecule has 2 aliphatic heterocycles. The molecule has 0 fully saturated rings. The Hall–Kier alpha value is -6.78. The molecule has 0 saturated carbocycles. The van der Waals surface area contributed by atoms with E-state index in [-0.39, 0.29) is 39.2 Å². The molecule has 0 atom stereocenters. The molecule has 8 aromatic rings. The van der Waals surface area contributed by atoms with Crippen LogP contribution in [0.15, 0.2) is 152 Å². The Bertz CT molecular complexity index is 3690. The van der Waals surface area contributed by atoms with Crippen molar-refractivity contribution in [3.8, 4) is 11.1 Å². The fourth-order valence-corrected chi connectivity index (χ4v) is 15.2. The van der Waals surface area contributed by atoms with Gasteiger partial charge in [-0.25, -0.2) is 0 Å². The Balaban J connectivity index is 1.15. The number of fused-ring (bicyclic) bond motifs is 9. The van der Waals surface area contributed by atoms with Crippen LogP contribution in [0.1, 0.15) is 159 Å². The second-order valence-electron chi connectivity index (χ2n) is 27.8. The predicted molar refractivity (Wildman–Crippen MR) is 327 cm³/mol. The summed E-state index contributed by atoms with van der Waals surface area (Å²) in [6.45, 7) is 36.4. The minimum atomic E-state index is -0.197. The van der Waals surface area contributed by atoms with Crippen LogP contribution in [0.3, 0.4) is 0 Å². The molecule has 0 bridgehead atoms. The number of hydrogen-bond acceptors (Lipinski definition) is 3. The van der Waals surface area contributed by atoms with E-state index in [1.165, 1.54) is 125 Å². The van der Waals surface area contributed by atoms with Gasteiger partial charge in [0.15, 0.2) is 0 Å². The van der Waals surface area contributed by atoms with Gasteiger partial charge in [-0.2, -0.15) is 0 Å². The predicted octanol–water partition coefficient (Wildman–Crippen LogP) is 17.8. The Morgan fingerprint density at radius 1 is 0.434 bits per heavy atom. The largest absolute Gasteiger partial charge is 0.311 e. The molecule has 0 unspecified atom stereocenters.